The van der Waals surface area contributed by atoms with Gasteiger partial charge in [-0.1, -0.05) is 39.5 Å². The summed E-state index contributed by atoms with van der Waals surface area (Å²) in [4.78, 5) is 0. The van der Waals surface area contributed by atoms with Crippen LogP contribution in [0.15, 0.2) is 0 Å². The highest BCUT2D eigenvalue weighted by atomic mass is 31.1. The first-order valence-corrected chi connectivity index (χ1v) is 10.7. The average molecular weight is 381 g/mol. The number of rotatable bonds is 18. The fourth-order valence-electron chi connectivity index (χ4n) is 1.99. The quantitative estimate of drug-likeness (QED) is 0.203. The number of quaternary nitrogens is 1. The third-order valence-corrected chi connectivity index (χ3v) is 4.38. The second kappa shape index (κ2) is 16.1. The van der Waals surface area contributed by atoms with Gasteiger partial charge in [0.2, 0.25) is 0 Å². The maximum Gasteiger partial charge on any atom is 0.697 e. The van der Waals surface area contributed by atoms with Crippen molar-refractivity contribution in [3.05, 3.63) is 0 Å². The largest absolute Gasteiger partial charge is 0.697 e. The van der Waals surface area contributed by atoms with E-state index in [1.54, 1.807) is 0 Å². The molecule has 0 fully saturated rings. The molecule has 0 N–H and O–H groups in total. The Bertz CT molecular complexity index is 323. The normalized spacial score (nSPS) is 13.9. The fourth-order valence-corrected chi connectivity index (χ4v) is 2.58. The summed E-state index contributed by atoms with van der Waals surface area (Å²) in [6.07, 6.45) is 6.53. The van der Waals surface area contributed by atoms with Crippen molar-refractivity contribution in [2.45, 2.75) is 58.5 Å². The summed E-state index contributed by atoms with van der Waals surface area (Å²) in [5, 5.41) is 0. The molecule has 0 saturated carbocycles. The molecule has 0 aliphatic rings. The first kappa shape index (κ1) is 24.9. The molecule has 0 aromatic heterocycles. The van der Waals surface area contributed by atoms with Gasteiger partial charge in [0.25, 0.3) is 0 Å². The van der Waals surface area contributed by atoms with E-state index in [2.05, 4.69) is 35.0 Å². The minimum Gasteiger partial charge on any atom is -0.379 e. The Morgan fingerprint density at radius 2 is 1.48 bits per heavy atom. The van der Waals surface area contributed by atoms with E-state index in [0.29, 0.717) is 19.8 Å². The zero-order chi connectivity index (χ0) is 19.0. The SMILES string of the molecule is CCCCCOCC(CO[P+](=O)OCC[N+](C)(C)C)OCCCCC. The Morgan fingerprint density at radius 1 is 0.840 bits per heavy atom. The molecule has 25 heavy (non-hydrogen) atoms. The number of unbranched alkanes of at least 4 members (excludes halogenated alkanes) is 4. The molecule has 0 rings (SSSR count). The molecule has 0 radical (unpaired) electrons. The fraction of sp³-hybridized carbons (Fsp3) is 1.00. The first-order valence-electron chi connectivity index (χ1n) is 9.62. The summed E-state index contributed by atoms with van der Waals surface area (Å²) in [5.74, 6) is 0. The molecule has 0 amide bonds. The van der Waals surface area contributed by atoms with E-state index >= 15 is 0 Å². The Balaban J connectivity index is 4.02. The Morgan fingerprint density at radius 3 is 2.08 bits per heavy atom. The Labute approximate surface area is 155 Å². The minimum absolute atomic E-state index is 0.195. The smallest absolute Gasteiger partial charge is 0.379 e. The van der Waals surface area contributed by atoms with Crippen molar-refractivity contribution in [1.82, 2.24) is 0 Å². The van der Waals surface area contributed by atoms with Crippen molar-refractivity contribution in [3.8, 4) is 0 Å². The topological polar surface area (TPSA) is 54.0 Å². The van der Waals surface area contributed by atoms with Crippen LogP contribution < -0.4 is 0 Å². The molecule has 0 aliphatic heterocycles. The molecule has 0 aromatic carbocycles. The van der Waals surface area contributed by atoms with Crippen LogP contribution in [0, 0.1) is 0 Å². The molecule has 2 atom stereocenters. The second-order valence-corrected chi connectivity index (χ2v) is 8.31. The van der Waals surface area contributed by atoms with Crippen LogP contribution in [0.25, 0.3) is 0 Å². The Hall–Kier alpha value is -0.100. The number of nitrogens with zero attached hydrogens (tertiary/aromatic N) is 1. The monoisotopic (exact) mass is 381 g/mol. The molecule has 0 aliphatic carbocycles. The van der Waals surface area contributed by atoms with Crippen LogP contribution in [0.2, 0.25) is 0 Å². The van der Waals surface area contributed by atoms with Gasteiger partial charge in [-0.05, 0) is 12.8 Å². The van der Waals surface area contributed by atoms with E-state index in [9.17, 15) is 4.57 Å². The summed E-state index contributed by atoms with van der Waals surface area (Å²) in [7, 11) is 4.08. The number of likely N-dealkylation sites (N-methyl/N-ethyl adjacent to an activating group) is 1. The van der Waals surface area contributed by atoms with Crippen molar-refractivity contribution in [1.29, 1.82) is 0 Å². The molecule has 2 unspecified atom stereocenters. The van der Waals surface area contributed by atoms with E-state index in [-0.39, 0.29) is 12.7 Å². The van der Waals surface area contributed by atoms with Gasteiger partial charge in [0, 0.05) is 17.8 Å². The standard InChI is InChI=1S/C18H40NO5P/c1-6-8-10-13-21-16-18(22-14-11-9-7-2)17-24-25(20)23-15-12-19(3,4)5/h18H,6-17H2,1-5H3/q+2. The van der Waals surface area contributed by atoms with Gasteiger partial charge in [0.05, 0.1) is 27.7 Å². The third-order valence-electron chi connectivity index (χ3n) is 3.62. The van der Waals surface area contributed by atoms with Crippen LogP contribution in [-0.2, 0) is 23.1 Å². The van der Waals surface area contributed by atoms with Gasteiger partial charge in [-0.25, -0.2) is 0 Å². The van der Waals surface area contributed by atoms with Gasteiger partial charge < -0.3 is 14.0 Å². The van der Waals surface area contributed by atoms with Gasteiger partial charge in [-0.3, -0.25) is 0 Å². The van der Waals surface area contributed by atoms with Gasteiger partial charge in [-0.2, -0.15) is 0 Å². The zero-order valence-corrected chi connectivity index (χ0v) is 17.9. The predicted molar refractivity (Wildman–Crippen MR) is 102 cm³/mol. The van der Waals surface area contributed by atoms with E-state index in [1.807, 2.05) is 0 Å². The summed E-state index contributed by atoms with van der Waals surface area (Å²) in [6.45, 7) is 7.64. The molecule has 150 valence electrons. The summed E-state index contributed by atoms with van der Waals surface area (Å²) < 4.78 is 34.7. The Kier molecular flexibility index (Phi) is 16.0. The average Bonchev–Trinajstić information content (AvgIpc) is 2.54. The summed E-state index contributed by atoms with van der Waals surface area (Å²) >= 11 is 0. The highest BCUT2D eigenvalue weighted by molar-refractivity contribution is 7.33. The van der Waals surface area contributed by atoms with Crippen LogP contribution in [0.3, 0.4) is 0 Å². The second-order valence-electron chi connectivity index (χ2n) is 7.35. The molecule has 0 heterocycles. The molecule has 6 nitrogen and oxygen atoms in total. The molecular weight excluding hydrogens is 341 g/mol. The van der Waals surface area contributed by atoms with E-state index in [4.69, 9.17) is 18.5 Å². The summed E-state index contributed by atoms with van der Waals surface area (Å²) in [5.41, 5.74) is 0. The van der Waals surface area contributed by atoms with Crippen LogP contribution >= 0.6 is 8.25 Å². The maximum atomic E-state index is 11.8. The van der Waals surface area contributed by atoms with Crippen LogP contribution in [-0.4, -0.2) is 71.3 Å². The number of hydrogen-bond acceptors (Lipinski definition) is 5. The maximum absolute atomic E-state index is 11.8. The molecule has 0 bridgehead atoms. The van der Waals surface area contributed by atoms with E-state index in [0.717, 1.165) is 43.3 Å². The highest BCUT2D eigenvalue weighted by Gasteiger charge is 2.25. The van der Waals surface area contributed by atoms with Gasteiger partial charge >= 0.3 is 8.25 Å². The van der Waals surface area contributed by atoms with Crippen molar-refractivity contribution >= 4 is 8.25 Å². The van der Waals surface area contributed by atoms with E-state index < -0.39 is 8.25 Å². The van der Waals surface area contributed by atoms with Crippen molar-refractivity contribution < 1.29 is 27.6 Å². The number of ether oxygens (including phenoxy) is 2. The molecule has 0 aromatic rings. The predicted octanol–water partition coefficient (Wildman–Crippen LogP) is 4.17. The van der Waals surface area contributed by atoms with Crippen LogP contribution in [0.4, 0.5) is 0 Å². The van der Waals surface area contributed by atoms with Gasteiger partial charge in [0.15, 0.2) is 6.61 Å². The lowest BCUT2D eigenvalue weighted by molar-refractivity contribution is -0.870. The third kappa shape index (κ3) is 18.5. The zero-order valence-electron chi connectivity index (χ0n) is 17.0. The molecule has 0 saturated heterocycles. The van der Waals surface area contributed by atoms with Gasteiger partial charge in [-0.15, -0.1) is 9.05 Å². The lowest BCUT2D eigenvalue weighted by Gasteiger charge is -2.21. The molecular formula is C18H40NO5P+2. The van der Waals surface area contributed by atoms with Crippen molar-refractivity contribution in [3.63, 3.8) is 0 Å². The minimum atomic E-state index is -2.11. The van der Waals surface area contributed by atoms with E-state index in [1.165, 1.54) is 12.8 Å². The highest BCUT2D eigenvalue weighted by Crippen LogP contribution is 2.24. The lowest BCUT2D eigenvalue weighted by atomic mass is 10.2. The molecule has 0 spiro atoms. The first-order chi connectivity index (χ1) is 11.9. The van der Waals surface area contributed by atoms with Crippen molar-refractivity contribution in [2.75, 3.05) is 60.7 Å². The van der Waals surface area contributed by atoms with Gasteiger partial charge in [0.1, 0.15) is 19.3 Å². The van der Waals surface area contributed by atoms with Crippen LogP contribution in [0.1, 0.15) is 52.4 Å². The number of hydrogen-bond donors (Lipinski definition) is 0. The van der Waals surface area contributed by atoms with Crippen molar-refractivity contribution in [2.24, 2.45) is 0 Å². The lowest BCUT2D eigenvalue weighted by Crippen LogP contribution is -2.37. The van der Waals surface area contributed by atoms with Crippen LogP contribution in [0.5, 0.6) is 0 Å². The summed E-state index contributed by atoms with van der Waals surface area (Å²) in [6, 6.07) is 0. The molecule has 7 heteroatoms.